The van der Waals surface area contributed by atoms with Crippen molar-refractivity contribution < 1.29 is 14.3 Å². The van der Waals surface area contributed by atoms with Gasteiger partial charge in [-0.25, -0.2) is 0 Å². The molecule has 1 saturated heterocycles. The minimum Gasteiger partial charge on any atom is -0.496 e. The molecule has 0 radical (unpaired) electrons. The highest BCUT2D eigenvalue weighted by molar-refractivity contribution is 6.01. The molecule has 2 aromatic carbocycles. The number of fused-ring (bicyclic) bond motifs is 1. The summed E-state index contributed by atoms with van der Waals surface area (Å²) in [5.41, 5.74) is 0.664. The number of ether oxygens (including phenoxy) is 1. The maximum atomic E-state index is 12.1. The molecule has 3 rings (SSSR count). The summed E-state index contributed by atoms with van der Waals surface area (Å²) in [5, 5.41) is 7.48. The zero-order valence-corrected chi connectivity index (χ0v) is 11.7. The molecule has 1 fully saturated rings. The van der Waals surface area contributed by atoms with Gasteiger partial charge in [0.1, 0.15) is 11.8 Å². The fourth-order valence-corrected chi connectivity index (χ4v) is 2.56. The van der Waals surface area contributed by atoms with Gasteiger partial charge >= 0.3 is 0 Å². The molecule has 1 atom stereocenters. The van der Waals surface area contributed by atoms with Gasteiger partial charge in [-0.3, -0.25) is 9.59 Å². The highest BCUT2D eigenvalue weighted by Gasteiger charge is 2.27. The Morgan fingerprint density at radius 2 is 2.14 bits per heavy atom. The van der Waals surface area contributed by atoms with E-state index in [1.165, 1.54) is 0 Å². The number of benzene rings is 2. The zero-order valence-electron chi connectivity index (χ0n) is 11.7. The normalized spacial score (nSPS) is 17.6. The molecule has 108 valence electrons. The van der Waals surface area contributed by atoms with E-state index >= 15 is 0 Å². The molecule has 2 amide bonds. The number of carbonyl (C=O) groups is 2. The Labute approximate surface area is 122 Å². The number of amides is 2. The molecule has 1 aliphatic rings. The molecule has 21 heavy (non-hydrogen) atoms. The van der Waals surface area contributed by atoms with Crippen molar-refractivity contribution in [3.8, 4) is 5.75 Å². The van der Waals surface area contributed by atoms with Gasteiger partial charge in [-0.05, 0) is 17.9 Å². The van der Waals surface area contributed by atoms with Gasteiger partial charge in [0.2, 0.25) is 11.8 Å². The van der Waals surface area contributed by atoms with E-state index in [0.29, 0.717) is 24.3 Å². The van der Waals surface area contributed by atoms with Crippen LogP contribution in [-0.4, -0.2) is 25.0 Å². The van der Waals surface area contributed by atoms with E-state index in [9.17, 15) is 9.59 Å². The average Bonchev–Trinajstić information content (AvgIpc) is 2.93. The van der Waals surface area contributed by atoms with E-state index in [-0.39, 0.29) is 11.8 Å². The van der Waals surface area contributed by atoms with Crippen LogP contribution in [-0.2, 0) is 9.59 Å². The molecule has 5 heteroatoms. The van der Waals surface area contributed by atoms with E-state index in [1.54, 1.807) is 13.2 Å². The molecule has 2 aromatic rings. The number of hydrogen-bond donors (Lipinski definition) is 2. The Hall–Kier alpha value is -2.56. The fourth-order valence-electron chi connectivity index (χ4n) is 2.56. The number of hydrogen-bond acceptors (Lipinski definition) is 3. The Kier molecular flexibility index (Phi) is 3.48. The van der Waals surface area contributed by atoms with Crippen molar-refractivity contribution in [3.05, 3.63) is 36.4 Å². The van der Waals surface area contributed by atoms with Gasteiger partial charge in [0.15, 0.2) is 0 Å². The number of nitrogens with one attached hydrogen (secondary N) is 2. The standard InChI is InChI=1S/C16H16N2O3/c1-21-14-9-11(8-10-4-2-3-5-12(10)14)17-16(20)13-6-7-15(19)18-13/h2-5,8-9,13H,6-7H2,1H3,(H,17,20)(H,18,19). The Morgan fingerprint density at radius 3 is 2.86 bits per heavy atom. The topological polar surface area (TPSA) is 67.4 Å². The van der Waals surface area contributed by atoms with Gasteiger partial charge in [0.25, 0.3) is 0 Å². The summed E-state index contributed by atoms with van der Waals surface area (Å²) in [5.74, 6) is 0.434. The van der Waals surface area contributed by atoms with Gasteiger partial charge in [-0.15, -0.1) is 0 Å². The second kappa shape index (κ2) is 5.44. The van der Waals surface area contributed by atoms with Crippen LogP contribution < -0.4 is 15.4 Å². The molecule has 1 aliphatic heterocycles. The lowest BCUT2D eigenvalue weighted by Crippen LogP contribution is -2.37. The SMILES string of the molecule is COc1cc(NC(=O)C2CCC(=O)N2)cc2ccccc12. The lowest BCUT2D eigenvalue weighted by molar-refractivity contribution is -0.122. The third-order valence-corrected chi connectivity index (χ3v) is 3.62. The van der Waals surface area contributed by atoms with Crippen molar-refractivity contribution in [1.82, 2.24) is 5.32 Å². The summed E-state index contributed by atoms with van der Waals surface area (Å²) in [6.07, 6.45) is 0.939. The molecular weight excluding hydrogens is 268 g/mol. The number of rotatable bonds is 3. The summed E-state index contributed by atoms with van der Waals surface area (Å²) in [6, 6.07) is 11.0. The Morgan fingerprint density at radius 1 is 1.33 bits per heavy atom. The maximum absolute atomic E-state index is 12.1. The van der Waals surface area contributed by atoms with Crippen LogP contribution in [0.15, 0.2) is 36.4 Å². The smallest absolute Gasteiger partial charge is 0.246 e. The maximum Gasteiger partial charge on any atom is 0.246 e. The van der Waals surface area contributed by atoms with Gasteiger partial charge in [0.05, 0.1) is 7.11 Å². The summed E-state index contributed by atoms with van der Waals surface area (Å²) in [7, 11) is 1.60. The van der Waals surface area contributed by atoms with E-state index in [4.69, 9.17) is 4.74 Å². The third kappa shape index (κ3) is 2.67. The highest BCUT2D eigenvalue weighted by atomic mass is 16.5. The van der Waals surface area contributed by atoms with E-state index in [2.05, 4.69) is 10.6 Å². The first kappa shape index (κ1) is 13.4. The minimum atomic E-state index is -0.449. The molecule has 5 nitrogen and oxygen atoms in total. The molecule has 1 unspecified atom stereocenters. The van der Waals surface area contributed by atoms with E-state index in [1.807, 2.05) is 30.3 Å². The first-order valence-corrected chi connectivity index (χ1v) is 6.84. The van der Waals surface area contributed by atoms with Crippen molar-refractivity contribution in [2.75, 3.05) is 12.4 Å². The van der Waals surface area contributed by atoms with Crippen LogP contribution >= 0.6 is 0 Å². The quantitative estimate of drug-likeness (QED) is 0.906. The van der Waals surface area contributed by atoms with Crippen molar-refractivity contribution in [3.63, 3.8) is 0 Å². The molecular formula is C16H16N2O3. The first-order valence-electron chi connectivity index (χ1n) is 6.84. The number of anilines is 1. The zero-order chi connectivity index (χ0) is 14.8. The van der Waals surface area contributed by atoms with Gasteiger partial charge in [0, 0.05) is 23.6 Å². The lowest BCUT2D eigenvalue weighted by atomic mass is 10.1. The van der Waals surface area contributed by atoms with Crippen molar-refractivity contribution in [1.29, 1.82) is 0 Å². The minimum absolute atomic E-state index is 0.0776. The van der Waals surface area contributed by atoms with Crippen LogP contribution in [0.25, 0.3) is 10.8 Å². The summed E-state index contributed by atoms with van der Waals surface area (Å²) in [6.45, 7) is 0. The van der Waals surface area contributed by atoms with Gasteiger partial charge in [-0.2, -0.15) is 0 Å². The number of methoxy groups -OCH3 is 1. The van der Waals surface area contributed by atoms with Crippen LogP contribution in [0, 0.1) is 0 Å². The Balaban J connectivity index is 1.87. The highest BCUT2D eigenvalue weighted by Crippen LogP contribution is 2.29. The molecule has 0 saturated carbocycles. The van der Waals surface area contributed by atoms with E-state index < -0.39 is 6.04 Å². The van der Waals surface area contributed by atoms with Crippen LogP contribution in [0.1, 0.15) is 12.8 Å². The fraction of sp³-hybridized carbons (Fsp3) is 0.250. The molecule has 0 bridgehead atoms. The van der Waals surface area contributed by atoms with Gasteiger partial charge < -0.3 is 15.4 Å². The van der Waals surface area contributed by atoms with Crippen LogP contribution in [0.2, 0.25) is 0 Å². The second-order valence-corrected chi connectivity index (χ2v) is 5.05. The average molecular weight is 284 g/mol. The molecule has 0 spiro atoms. The summed E-state index contributed by atoms with van der Waals surface area (Å²) >= 11 is 0. The van der Waals surface area contributed by atoms with Gasteiger partial charge in [-0.1, -0.05) is 24.3 Å². The first-order chi connectivity index (χ1) is 10.2. The van der Waals surface area contributed by atoms with Crippen LogP contribution in [0.5, 0.6) is 5.75 Å². The second-order valence-electron chi connectivity index (χ2n) is 5.05. The third-order valence-electron chi connectivity index (χ3n) is 3.62. The van der Waals surface area contributed by atoms with Crippen molar-refractivity contribution in [2.24, 2.45) is 0 Å². The van der Waals surface area contributed by atoms with Crippen LogP contribution in [0.4, 0.5) is 5.69 Å². The van der Waals surface area contributed by atoms with Crippen molar-refractivity contribution >= 4 is 28.3 Å². The largest absolute Gasteiger partial charge is 0.496 e. The van der Waals surface area contributed by atoms with E-state index in [0.717, 1.165) is 10.8 Å². The molecule has 0 aliphatic carbocycles. The predicted molar refractivity (Wildman–Crippen MR) is 80.3 cm³/mol. The number of carbonyl (C=O) groups excluding carboxylic acids is 2. The lowest BCUT2D eigenvalue weighted by Gasteiger charge is -2.13. The summed E-state index contributed by atoms with van der Waals surface area (Å²) in [4.78, 5) is 23.3. The Bertz CT molecular complexity index is 712. The molecule has 1 heterocycles. The van der Waals surface area contributed by atoms with Crippen molar-refractivity contribution in [2.45, 2.75) is 18.9 Å². The molecule has 0 aromatic heterocycles. The summed E-state index contributed by atoms with van der Waals surface area (Å²) < 4.78 is 5.37. The molecule has 2 N–H and O–H groups in total. The monoisotopic (exact) mass is 284 g/mol. The van der Waals surface area contributed by atoms with Crippen LogP contribution in [0.3, 0.4) is 0 Å². The predicted octanol–water partition coefficient (Wildman–Crippen LogP) is 2.07.